The summed E-state index contributed by atoms with van der Waals surface area (Å²) in [6, 6.07) is 8.21. The fraction of sp³-hybridized carbons (Fsp3) is 0.167. The van der Waals surface area contributed by atoms with Gasteiger partial charge in [0.05, 0.1) is 16.3 Å². The number of urea groups is 1. The largest absolute Gasteiger partial charge is 0.486 e. The van der Waals surface area contributed by atoms with Crippen LogP contribution in [0.5, 0.6) is 11.5 Å². The predicted molar refractivity (Wildman–Crippen MR) is 101 cm³/mol. The number of nitrogens with two attached hydrogens (primary N) is 1. The number of esters is 1. The molecule has 0 unspecified atom stereocenters. The Balaban J connectivity index is 1.48. The second-order valence-corrected chi connectivity index (χ2v) is 6.08. The number of amides is 3. The minimum Gasteiger partial charge on any atom is -0.486 e. The van der Waals surface area contributed by atoms with Gasteiger partial charge in [0.2, 0.25) is 0 Å². The van der Waals surface area contributed by atoms with Crippen LogP contribution >= 0.6 is 11.6 Å². The number of carbonyl (C=O) groups is 3. The van der Waals surface area contributed by atoms with Crippen LogP contribution in [0, 0.1) is 0 Å². The molecule has 0 atom stereocenters. The molecule has 3 rings (SSSR count). The van der Waals surface area contributed by atoms with Crippen molar-refractivity contribution in [2.24, 2.45) is 0 Å². The number of anilines is 2. The van der Waals surface area contributed by atoms with E-state index in [2.05, 4.69) is 10.6 Å². The Morgan fingerprint density at radius 2 is 1.82 bits per heavy atom. The first-order valence-electron chi connectivity index (χ1n) is 8.15. The van der Waals surface area contributed by atoms with E-state index in [0.29, 0.717) is 35.4 Å². The molecular formula is C18H16ClN3O6. The van der Waals surface area contributed by atoms with Crippen LogP contribution in [0.2, 0.25) is 5.02 Å². The monoisotopic (exact) mass is 405 g/mol. The lowest BCUT2D eigenvalue weighted by molar-refractivity contribution is -0.123. The van der Waals surface area contributed by atoms with E-state index in [1.165, 1.54) is 18.2 Å². The molecule has 0 aliphatic carbocycles. The van der Waals surface area contributed by atoms with Gasteiger partial charge >= 0.3 is 12.0 Å². The Kier molecular flexibility index (Phi) is 5.85. The van der Waals surface area contributed by atoms with Crippen LogP contribution in [0.4, 0.5) is 16.2 Å². The molecule has 4 N–H and O–H groups in total. The van der Waals surface area contributed by atoms with Gasteiger partial charge in [-0.25, -0.2) is 9.59 Å². The summed E-state index contributed by atoms with van der Waals surface area (Å²) in [7, 11) is 0. The average Bonchev–Trinajstić information content (AvgIpc) is 2.68. The molecule has 0 spiro atoms. The van der Waals surface area contributed by atoms with Gasteiger partial charge in [-0.2, -0.15) is 0 Å². The fourth-order valence-corrected chi connectivity index (χ4v) is 2.45. The summed E-state index contributed by atoms with van der Waals surface area (Å²) in [5, 5.41) is 4.83. The van der Waals surface area contributed by atoms with Gasteiger partial charge in [-0.3, -0.25) is 10.1 Å². The lowest BCUT2D eigenvalue weighted by atomic mass is 10.2. The number of nitrogens with one attached hydrogen (secondary N) is 2. The van der Waals surface area contributed by atoms with Crippen molar-refractivity contribution in [3.05, 3.63) is 47.0 Å². The number of rotatable bonds is 4. The highest BCUT2D eigenvalue weighted by molar-refractivity contribution is 6.33. The van der Waals surface area contributed by atoms with Crippen LogP contribution in [0.3, 0.4) is 0 Å². The van der Waals surface area contributed by atoms with E-state index >= 15 is 0 Å². The van der Waals surface area contributed by atoms with E-state index in [1.807, 2.05) is 0 Å². The van der Waals surface area contributed by atoms with Gasteiger partial charge in [0.15, 0.2) is 18.1 Å². The molecule has 28 heavy (non-hydrogen) atoms. The summed E-state index contributed by atoms with van der Waals surface area (Å²) in [5.74, 6) is -0.509. The summed E-state index contributed by atoms with van der Waals surface area (Å²) in [5.41, 5.74) is 6.36. The third kappa shape index (κ3) is 4.83. The summed E-state index contributed by atoms with van der Waals surface area (Å²) in [4.78, 5) is 35.6. The summed E-state index contributed by atoms with van der Waals surface area (Å²) < 4.78 is 15.6. The SMILES string of the molecule is Nc1cc(C(=O)OCC(=O)NC(=O)Nc2ccc3c(c2)OCCO3)ccc1Cl. The molecule has 10 heteroatoms. The lowest BCUT2D eigenvalue weighted by Crippen LogP contribution is -2.37. The summed E-state index contributed by atoms with van der Waals surface area (Å²) >= 11 is 5.78. The molecule has 0 fully saturated rings. The van der Waals surface area contributed by atoms with Crippen molar-refractivity contribution in [2.75, 3.05) is 30.9 Å². The first kappa shape index (κ1) is 19.3. The molecule has 2 aromatic carbocycles. The molecule has 1 aliphatic rings. The van der Waals surface area contributed by atoms with Crippen molar-refractivity contribution in [1.82, 2.24) is 5.32 Å². The second kappa shape index (κ2) is 8.49. The maximum absolute atomic E-state index is 11.9. The van der Waals surface area contributed by atoms with Gasteiger partial charge in [0.25, 0.3) is 5.91 Å². The van der Waals surface area contributed by atoms with Crippen LogP contribution in [0.15, 0.2) is 36.4 Å². The minimum absolute atomic E-state index is 0.135. The Morgan fingerprint density at radius 3 is 2.57 bits per heavy atom. The maximum Gasteiger partial charge on any atom is 0.338 e. The zero-order valence-electron chi connectivity index (χ0n) is 14.5. The minimum atomic E-state index is -0.801. The number of ether oxygens (including phenoxy) is 3. The number of nitrogen functional groups attached to an aromatic ring is 1. The van der Waals surface area contributed by atoms with E-state index < -0.39 is 24.5 Å². The van der Waals surface area contributed by atoms with Gasteiger partial charge in [-0.15, -0.1) is 0 Å². The smallest absolute Gasteiger partial charge is 0.338 e. The van der Waals surface area contributed by atoms with Crippen molar-refractivity contribution in [1.29, 1.82) is 0 Å². The van der Waals surface area contributed by atoms with Gasteiger partial charge in [0, 0.05) is 11.8 Å². The highest BCUT2D eigenvalue weighted by atomic mass is 35.5. The number of carbonyl (C=O) groups excluding carboxylic acids is 3. The molecule has 1 heterocycles. The van der Waals surface area contributed by atoms with Crippen molar-refractivity contribution >= 4 is 40.9 Å². The fourth-order valence-electron chi connectivity index (χ4n) is 2.33. The van der Waals surface area contributed by atoms with E-state index in [0.717, 1.165) is 0 Å². The van der Waals surface area contributed by atoms with Crippen molar-refractivity contribution in [2.45, 2.75) is 0 Å². The molecule has 0 saturated heterocycles. The molecule has 0 bridgehead atoms. The highest BCUT2D eigenvalue weighted by Gasteiger charge is 2.15. The molecule has 9 nitrogen and oxygen atoms in total. The number of imide groups is 1. The molecule has 0 radical (unpaired) electrons. The Labute approximate surface area is 164 Å². The third-order valence-electron chi connectivity index (χ3n) is 3.62. The number of hydrogen-bond acceptors (Lipinski definition) is 7. The molecule has 0 aromatic heterocycles. The van der Waals surface area contributed by atoms with Gasteiger partial charge in [-0.1, -0.05) is 11.6 Å². The average molecular weight is 406 g/mol. The van der Waals surface area contributed by atoms with Crippen molar-refractivity contribution in [3.63, 3.8) is 0 Å². The van der Waals surface area contributed by atoms with Crippen LogP contribution in [-0.2, 0) is 9.53 Å². The zero-order chi connectivity index (χ0) is 20.1. The molecular weight excluding hydrogens is 390 g/mol. The predicted octanol–water partition coefficient (Wildman–Crippen LogP) is 2.20. The third-order valence-corrected chi connectivity index (χ3v) is 3.96. The lowest BCUT2D eigenvalue weighted by Gasteiger charge is -2.19. The highest BCUT2D eigenvalue weighted by Crippen LogP contribution is 2.32. The second-order valence-electron chi connectivity index (χ2n) is 5.67. The molecule has 1 aliphatic heterocycles. The maximum atomic E-state index is 11.9. The standard InChI is InChI=1S/C18H16ClN3O6/c19-12-3-1-10(7-13(12)20)17(24)28-9-16(23)22-18(25)21-11-2-4-14-15(8-11)27-6-5-26-14/h1-4,7-8H,5-6,9,20H2,(H2,21,22,23,25). The van der Waals surface area contributed by atoms with E-state index in [4.69, 9.17) is 31.5 Å². The first-order valence-corrected chi connectivity index (χ1v) is 8.53. The Morgan fingerprint density at radius 1 is 1.07 bits per heavy atom. The van der Waals surface area contributed by atoms with Gasteiger partial charge in [0.1, 0.15) is 13.2 Å². The van der Waals surface area contributed by atoms with Crippen LogP contribution in [-0.4, -0.2) is 37.7 Å². The van der Waals surface area contributed by atoms with Crippen molar-refractivity contribution < 1.29 is 28.6 Å². The van der Waals surface area contributed by atoms with Crippen molar-refractivity contribution in [3.8, 4) is 11.5 Å². The summed E-state index contributed by atoms with van der Waals surface area (Å²) in [6.45, 7) is 0.220. The van der Waals surface area contributed by atoms with Gasteiger partial charge in [-0.05, 0) is 30.3 Å². The topological polar surface area (TPSA) is 129 Å². The summed E-state index contributed by atoms with van der Waals surface area (Å²) in [6.07, 6.45) is 0. The van der Waals surface area contributed by atoms with E-state index in [9.17, 15) is 14.4 Å². The Bertz CT molecular complexity index is 934. The number of hydrogen-bond donors (Lipinski definition) is 3. The van der Waals surface area contributed by atoms with Crippen LogP contribution in [0.1, 0.15) is 10.4 Å². The number of benzene rings is 2. The van der Waals surface area contributed by atoms with Crippen LogP contribution in [0.25, 0.3) is 0 Å². The van der Waals surface area contributed by atoms with E-state index in [-0.39, 0.29) is 11.3 Å². The van der Waals surface area contributed by atoms with E-state index in [1.54, 1.807) is 18.2 Å². The molecule has 146 valence electrons. The zero-order valence-corrected chi connectivity index (χ0v) is 15.2. The molecule has 2 aromatic rings. The van der Waals surface area contributed by atoms with Crippen LogP contribution < -0.4 is 25.8 Å². The first-order chi connectivity index (χ1) is 13.4. The molecule has 3 amide bonds. The molecule has 0 saturated carbocycles. The van der Waals surface area contributed by atoms with Gasteiger partial charge < -0.3 is 25.3 Å². The quantitative estimate of drug-likeness (QED) is 0.525. The Hall–Kier alpha value is -3.46. The normalized spacial score (nSPS) is 12.0. The number of fused-ring (bicyclic) bond motifs is 1. The number of halogens is 1.